The van der Waals surface area contributed by atoms with Gasteiger partial charge in [-0.25, -0.2) is 0 Å². The van der Waals surface area contributed by atoms with E-state index < -0.39 is 5.60 Å². The first-order valence-corrected chi connectivity index (χ1v) is 6.02. The van der Waals surface area contributed by atoms with Gasteiger partial charge in [-0.05, 0) is 62.8 Å². The minimum Gasteiger partial charge on any atom is -0.509 e. The number of ether oxygens (including phenoxy) is 1. The standard InChI is InChI=1S/C15H20O2/c1-9-8-10(2)13-6-7-15(5,12(4)16)17-14(13)11(9)3/h8,16H,4,6-7H2,1-3,5H3. The second kappa shape index (κ2) is 3.80. The zero-order chi connectivity index (χ0) is 12.8. The average Bonchev–Trinajstić information content (AvgIpc) is 2.25. The molecule has 1 unspecified atom stereocenters. The number of aliphatic hydroxyl groups is 1. The fraction of sp³-hybridized carbons (Fsp3) is 0.467. The monoisotopic (exact) mass is 232 g/mol. The SMILES string of the molecule is C=C(O)C1(C)CCc2c(C)cc(C)c(C)c2O1. The molecule has 0 aromatic heterocycles. The molecule has 17 heavy (non-hydrogen) atoms. The van der Waals surface area contributed by atoms with Gasteiger partial charge in [0, 0.05) is 0 Å². The van der Waals surface area contributed by atoms with Crippen molar-refractivity contribution in [2.45, 2.75) is 46.1 Å². The molecule has 2 nitrogen and oxygen atoms in total. The van der Waals surface area contributed by atoms with E-state index in [1.54, 1.807) is 0 Å². The third-order valence-electron chi connectivity index (χ3n) is 3.91. The fourth-order valence-electron chi connectivity index (χ4n) is 2.40. The second-order valence-electron chi connectivity index (χ2n) is 5.22. The third-order valence-corrected chi connectivity index (χ3v) is 3.91. The number of aryl methyl sites for hydroxylation is 2. The summed E-state index contributed by atoms with van der Waals surface area (Å²) in [6.45, 7) is 11.8. The molecule has 0 amide bonds. The van der Waals surface area contributed by atoms with E-state index >= 15 is 0 Å². The number of hydrogen-bond acceptors (Lipinski definition) is 2. The summed E-state index contributed by atoms with van der Waals surface area (Å²) in [5.74, 6) is 1.05. The maximum Gasteiger partial charge on any atom is 0.162 e. The lowest BCUT2D eigenvalue weighted by Crippen LogP contribution is -2.38. The number of fused-ring (bicyclic) bond motifs is 1. The summed E-state index contributed by atoms with van der Waals surface area (Å²) in [7, 11) is 0. The first kappa shape index (κ1) is 12.0. The molecule has 2 heteroatoms. The minimum atomic E-state index is -0.641. The van der Waals surface area contributed by atoms with Gasteiger partial charge in [0.25, 0.3) is 0 Å². The Balaban J connectivity index is 2.54. The van der Waals surface area contributed by atoms with E-state index in [4.69, 9.17) is 4.74 Å². The molecule has 0 saturated carbocycles. The molecule has 0 radical (unpaired) electrons. The summed E-state index contributed by atoms with van der Waals surface area (Å²) in [5.41, 5.74) is 4.30. The summed E-state index contributed by atoms with van der Waals surface area (Å²) in [6.07, 6.45) is 1.71. The highest BCUT2D eigenvalue weighted by Crippen LogP contribution is 2.40. The highest BCUT2D eigenvalue weighted by atomic mass is 16.5. The van der Waals surface area contributed by atoms with E-state index in [1.165, 1.54) is 16.7 Å². The van der Waals surface area contributed by atoms with Gasteiger partial charge in [-0.3, -0.25) is 0 Å². The number of aliphatic hydroxyl groups excluding tert-OH is 1. The van der Waals surface area contributed by atoms with Gasteiger partial charge < -0.3 is 9.84 Å². The summed E-state index contributed by atoms with van der Waals surface area (Å²) >= 11 is 0. The molecule has 1 aliphatic rings. The Morgan fingerprint density at radius 2 is 2.00 bits per heavy atom. The van der Waals surface area contributed by atoms with Crippen LogP contribution >= 0.6 is 0 Å². The first-order chi connectivity index (χ1) is 7.85. The molecule has 0 fully saturated rings. The molecule has 1 N–H and O–H groups in total. The molecule has 0 saturated heterocycles. The molecule has 2 rings (SSSR count). The van der Waals surface area contributed by atoms with Crippen LogP contribution in [0.1, 0.15) is 35.6 Å². The Kier molecular flexibility index (Phi) is 2.69. The zero-order valence-electron chi connectivity index (χ0n) is 11.1. The Hall–Kier alpha value is -1.44. The maximum atomic E-state index is 9.67. The Labute approximate surface area is 103 Å². The van der Waals surface area contributed by atoms with E-state index in [0.717, 1.165) is 24.2 Å². The molecule has 1 aliphatic heterocycles. The number of benzene rings is 1. The van der Waals surface area contributed by atoms with Gasteiger partial charge >= 0.3 is 0 Å². The van der Waals surface area contributed by atoms with Crippen molar-refractivity contribution >= 4 is 0 Å². The number of hydrogen-bond donors (Lipinski definition) is 1. The van der Waals surface area contributed by atoms with Gasteiger partial charge in [0.05, 0.1) is 0 Å². The van der Waals surface area contributed by atoms with Crippen molar-refractivity contribution in [3.63, 3.8) is 0 Å². The largest absolute Gasteiger partial charge is 0.509 e. The first-order valence-electron chi connectivity index (χ1n) is 6.02. The van der Waals surface area contributed by atoms with E-state index in [9.17, 15) is 5.11 Å². The van der Waals surface area contributed by atoms with E-state index in [-0.39, 0.29) is 5.76 Å². The van der Waals surface area contributed by atoms with Crippen molar-refractivity contribution in [3.8, 4) is 5.75 Å². The predicted molar refractivity (Wildman–Crippen MR) is 69.8 cm³/mol. The lowest BCUT2D eigenvalue weighted by Gasteiger charge is -2.36. The van der Waals surface area contributed by atoms with E-state index in [1.807, 2.05) is 6.92 Å². The maximum absolute atomic E-state index is 9.67. The van der Waals surface area contributed by atoms with Gasteiger partial charge in [0.15, 0.2) is 5.60 Å². The van der Waals surface area contributed by atoms with Crippen LogP contribution in [0.2, 0.25) is 0 Å². The third kappa shape index (κ3) is 1.82. The van der Waals surface area contributed by atoms with Crippen molar-refractivity contribution < 1.29 is 9.84 Å². The van der Waals surface area contributed by atoms with Crippen molar-refractivity contribution in [2.24, 2.45) is 0 Å². The van der Waals surface area contributed by atoms with E-state index in [0.29, 0.717) is 0 Å². The van der Waals surface area contributed by atoms with E-state index in [2.05, 4.69) is 33.4 Å². The smallest absolute Gasteiger partial charge is 0.162 e. The highest BCUT2D eigenvalue weighted by Gasteiger charge is 2.36. The average molecular weight is 232 g/mol. The molecule has 1 heterocycles. The van der Waals surface area contributed by atoms with Crippen LogP contribution < -0.4 is 4.74 Å². The van der Waals surface area contributed by atoms with Gasteiger partial charge in [0.1, 0.15) is 11.5 Å². The van der Waals surface area contributed by atoms with Crippen LogP contribution in [0.3, 0.4) is 0 Å². The quantitative estimate of drug-likeness (QED) is 0.747. The molecule has 92 valence electrons. The van der Waals surface area contributed by atoms with Gasteiger partial charge in [-0.2, -0.15) is 0 Å². The van der Waals surface area contributed by atoms with Gasteiger partial charge in [-0.1, -0.05) is 12.6 Å². The highest BCUT2D eigenvalue weighted by molar-refractivity contribution is 5.51. The molecular formula is C15H20O2. The van der Waals surface area contributed by atoms with Crippen molar-refractivity contribution in [2.75, 3.05) is 0 Å². The van der Waals surface area contributed by atoms with Gasteiger partial charge in [-0.15, -0.1) is 0 Å². The topological polar surface area (TPSA) is 29.5 Å². The molecule has 1 aromatic carbocycles. The Morgan fingerprint density at radius 3 is 2.59 bits per heavy atom. The lowest BCUT2D eigenvalue weighted by atomic mass is 9.87. The predicted octanol–water partition coefficient (Wildman–Crippen LogP) is 3.77. The molecule has 0 spiro atoms. The summed E-state index contributed by atoms with van der Waals surface area (Å²) < 4.78 is 6.02. The molecule has 1 atom stereocenters. The zero-order valence-corrected chi connectivity index (χ0v) is 11.1. The summed E-state index contributed by atoms with van der Waals surface area (Å²) in [6, 6.07) is 2.20. The van der Waals surface area contributed by atoms with Crippen LogP contribution in [0.4, 0.5) is 0 Å². The van der Waals surface area contributed by atoms with Gasteiger partial charge in [0.2, 0.25) is 0 Å². The molecule has 1 aromatic rings. The van der Waals surface area contributed by atoms with Crippen LogP contribution in [-0.2, 0) is 6.42 Å². The normalized spacial score (nSPS) is 22.8. The minimum absolute atomic E-state index is 0.113. The Morgan fingerprint density at radius 1 is 1.35 bits per heavy atom. The van der Waals surface area contributed by atoms with Crippen LogP contribution in [0.15, 0.2) is 18.4 Å². The Bertz CT molecular complexity index is 488. The van der Waals surface area contributed by atoms with Crippen LogP contribution in [-0.4, -0.2) is 10.7 Å². The number of rotatable bonds is 1. The summed E-state index contributed by atoms with van der Waals surface area (Å²) in [5, 5.41) is 9.67. The molecule has 0 bridgehead atoms. The summed E-state index contributed by atoms with van der Waals surface area (Å²) in [4.78, 5) is 0. The second-order valence-corrected chi connectivity index (χ2v) is 5.22. The molecular weight excluding hydrogens is 212 g/mol. The molecule has 0 aliphatic carbocycles. The lowest BCUT2D eigenvalue weighted by molar-refractivity contribution is 0.0577. The van der Waals surface area contributed by atoms with Crippen molar-refractivity contribution in [1.29, 1.82) is 0 Å². The fourth-order valence-corrected chi connectivity index (χ4v) is 2.40. The van der Waals surface area contributed by atoms with Crippen molar-refractivity contribution in [1.82, 2.24) is 0 Å². The van der Waals surface area contributed by atoms with Crippen LogP contribution in [0, 0.1) is 20.8 Å². The van der Waals surface area contributed by atoms with Crippen molar-refractivity contribution in [3.05, 3.63) is 40.7 Å². The van der Waals surface area contributed by atoms with Crippen LogP contribution in [0.5, 0.6) is 5.75 Å². The van der Waals surface area contributed by atoms with Crippen LogP contribution in [0.25, 0.3) is 0 Å².